The maximum Gasteiger partial charge on any atom is 0.209 e. The number of tetrazole rings is 1. The topological polar surface area (TPSA) is 51.3 Å². The van der Waals surface area contributed by atoms with Gasteiger partial charge in [0.15, 0.2) is 0 Å². The van der Waals surface area contributed by atoms with Crippen LogP contribution in [0, 0.1) is 13.8 Å². The average molecular weight is 372 g/mol. The van der Waals surface area contributed by atoms with Crippen molar-refractivity contribution in [1.29, 1.82) is 0 Å². The van der Waals surface area contributed by atoms with Crippen molar-refractivity contribution in [3.8, 4) is 0 Å². The Morgan fingerprint density at radius 3 is 2.48 bits per heavy atom. The van der Waals surface area contributed by atoms with Crippen LogP contribution in [-0.2, 0) is 5.54 Å². The average Bonchev–Trinajstić information content (AvgIpc) is 3.16. The summed E-state index contributed by atoms with van der Waals surface area (Å²) in [5, 5.41) is 12.8. The summed E-state index contributed by atoms with van der Waals surface area (Å²) in [5.41, 5.74) is 4.11. The highest BCUT2D eigenvalue weighted by atomic mass is 15.6. The van der Waals surface area contributed by atoms with E-state index in [9.17, 15) is 0 Å². The molecule has 1 aliphatic heterocycles. The molecule has 1 aromatic heterocycles. The van der Waals surface area contributed by atoms with Crippen LogP contribution in [0.3, 0.4) is 0 Å². The van der Waals surface area contributed by atoms with Crippen LogP contribution in [0.1, 0.15) is 63.5 Å². The lowest BCUT2D eigenvalue weighted by molar-refractivity contribution is -0.933. The van der Waals surface area contributed by atoms with Crippen LogP contribution in [0.15, 0.2) is 18.2 Å². The normalized spacial score (nSPS) is 17.3. The van der Waals surface area contributed by atoms with Gasteiger partial charge in [-0.3, -0.25) is 0 Å². The van der Waals surface area contributed by atoms with Gasteiger partial charge in [-0.25, -0.2) is 4.68 Å². The number of benzene rings is 1. The number of rotatable bonds is 6. The molecule has 0 unspecified atom stereocenters. The van der Waals surface area contributed by atoms with Crippen molar-refractivity contribution < 1.29 is 4.90 Å². The number of hydrogen-bond acceptors (Lipinski definition) is 4. The highest BCUT2D eigenvalue weighted by molar-refractivity contribution is 5.56. The predicted molar refractivity (Wildman–Crippen MR) is 109 cm³/mol. The molecule has 2 heterocycles. The number of piperazine rings is 1. The van der Waals surface area contributed by atoms with Crippen molar-refractivity contribution in [1.82, 2.24) is 20.2 Å². The van der Waals surface area contributed by atoms with Crippen LogP contribution in [-0.4, -0.2) is 46.4 Å². The summed E-state index contributed by atoms with van der Waals surface area (Å²) in [6.07, 6.45) is 2.07. The van der Waals surface area contributed by atoms with Crippen molar-refractivity contribution in [2.24, 2.45) is 0 Å². The van der Waals surface area contributed by atoms with Crippen LogP contribution in [0.4, 0.5) is 5.69 Å². The molecule has 27 heavy (non-hydrogen) atoms. The fourth-order valence-electron chi connectivity index (χ4n) is 4.11. The van der Waals surface area contributed by atoms with E-state index < -0.39 is 0 Å². The van der Waals surface area contributed by atoms with Crippen molar-refractivity contribution in [3.05, 3.63) is 35.2 Å². The van der Waals surface area contributed by atoms with Crippen LogP contribution in [0.25, 0.3) is 0 Å². The predicted octanol–water partition coefficient (Wildman–Crippen LogP) is 2.29. The van der Waals surface area contributed by atoms with Gasteiger partial charge in [0.2, 0.25) is 5.82 Å². The van der Waals surface area contributed by atoms with Crippen LogP contribution >= 0.6 is 0 Å². The minimum absolute atomic E-state index is 0.0494. The highest BCUT2D eigenvalue weighted by Gasteiger charge is 2.34. The summed E-state index contributed by atoms with van der Waals surface area (Å²) in [7, 11) is 0. The molecule has 0 bridgehead atoms. The maximum atomic E-state index is 4.45. The molecule has 1 atom stereocenters. The SMILES string of the molecule is CC[C@H](c1nnnn1C(C)(C)CC)[NH+]1CCN(c2cccc(C)c2C)CC1. The van der Waals surface area contributed by atoms with E-state index >= 15 is 0 Å². The summed E-state index contributed by atoms with van der Waals surface area (Å²) in [4.78, 5) is 4.14. The van der Waals surface area contributed by atoms with Crippen LogP contribution in [0.2, 0.25) is 0 Å². The second-order valence-electron chi connectivity index (χ2n) is 8.44. The van der Waals surface area contributed by atoms with E-state index in [0.717, 1.165) is 44.8 Å². The van der Waals surface area contributed by atoms with Gasteiger partial charge in [0.05, 0.1) is 31.7 Å². The lowest BCUT2D eigenvalue weighted by Crippen LogP contribution is -3.15. The third-order valence-electron chi connectivity index (χ3n) is 6.47. The fourth-order valence-corrected chi connectivity index (χ4v) is 4.11. The summed E-state index contributed by atoms with van der Waals surface area (Å²) in [6, 6.07) is 6.98. The van der Waals surface area contributed by atoms with E-state index in [1.807, 2.05) is 0 Å². The first-order chi connectivity index (χ1) is 12.9. The Morgan fingerprint density at radius 1 is 1.15 bits per heavy atom. The van der Waals surface area contributed by atoms with Gasteiger partial charge in [0.25, 0.3) is 0 Å². The maximum absolute atomic E-state index is 4.45. The number of nitrogens with one attached hydrogen (secondary N) is 1. The van der Waals surface area contributed by atoms with Gasteiger partial charge in [-0.2, -0.15) is 0 Å². The van der Waals surface area contributed by atoms with E-state index in [2.05, 4.69) is 84.8 Å². The van der Waals surface area contributed by atoms with Gasteiger partial charge >= 0.3 is 0 Å². The van der Waals surface area contributed by atoms with E-state index in [1.165, 1.54) is 16.8 Å². The zero-order valence-electron chi connectivity index (χ0n) is 17.8. The molecule has 1 aromatic carbocycles. The summed E-state index contributed by atoms with van der Waals surface area (Å²) in [6.45, 7) is 17.7. The molecule has 0 amide bonds. The smallest absolute Gasteiger partial charge is 0.209 e. The minimum Gasteiger partial charge on any atom is -0.360 e. The third kappa shape index (κ3) is 3.86. The largest absolute Gasteiger partial charge is 0.360 e. The molecule has 0 saturated carbocycles. The number of quaternary nitrogens is 1. The number of hydrogen-bond donors (Lipinski definition) is 1. The molecule has 6 heteroatoms. The first kappa shape index (κ1) is 19.8. The molecule has 2 aromatic rings. The van der Waals surface area contributed by atoms with Crippen molar-refractivity contribution in [2.75, 3.05) is 31.1 Å². The fraction of sp³-hybridized carbons (Fsp3) is 0.667. The Balaban J connectivity index is 1.75. The van der Waals surface area contributed by atoms with Crippen molar-refractivity contribution in [2.45, 2.75) is 66.0 Å². The summed E-state index contributed by atoms with van der Waals surface area (Å²) in [5.74, 6) is 1.04. The number of aromatic nitrogens is 4. The zero-order valence-corrected chi connectivity index (χ0v) is 17.8. The molecule has 1 saturated heterocycles. The second kappa shape index (κ2) is 7.97. The highest BCUT2D eigenvalue weighted by Crippen LogP contribution is 2.24. The molecule has 1 aliphatic rings. The van der Waals surface area contributed by atoms with Gasteiger partial charge in [-0.1, -0.05) is 26.0 Å². The van der Waals surface area contributed by atoms with E-state index in [4.69, 9.17) is 0 Å². The standard InChI is InChI=1S/C21H34N6/c1-7-18(20-22-23-24-27(20)21(5,6)8-2)25-12-14-26(15-13-25)19-11-9-10-16(3)17(19)4/h9-11,18H,7-8,12-15H2,1-6H3/p+1/t18-/m1/s1. The molecule has 0 aliphatic carbocycles. The number of nitrogens with zero attached hydrogens (tertiary/aromatic N) is 5. The van der Waals surface area contributed by atoms with E-state index in [-0.39, 0.29) is 5.54 Å². The summed E-state index contributed by atoms with van der Waals surface area (Å²) >= 11 is 0. The molecule has 3 rings (SSSR count). The monoisotopic (exact) mass is 371 g/mol. The molecule has 6 nitrogen and oxygen atoms in total. The van der Waals surface area contributed by atoms with Gasteiger partial charge < -0.3 is 9.80 Å². The first-order valence-corrected chi connectivity index (χ1v) is 10.3. The minimum atomic E-state index is -0.0494. The lowest BCUT2D eigenvalue weighted by atomic mass is 10.0. The van der Waals surface area contributed by atoms with Crippen molar-refractivity contribution in [3.63, 3.8) is 0 Å². The molecular weight excluding hydrogens is 336 g/mol. The van der Waals surface area contributed by atoms with Crippen LogP contribution < -0.4 is 9.80 Å². The Hall–Kier alpha value is -1.95. The van der Waals surface area contributed by atoms with E-state index in [0.29, 0.717) is 6.04 Å². The van der Waals surface area contributed by atoms with Gasteiger partial charge in [-0.15, -0.1) is 5.10 Å². The van der Waals surface area contributed by atoms with Crippen molar-refractivity contribution >= 4 is 5.69 Å². The van der Waals surface area contributed by atoms with Gasteiger partial charge in [0.1, 0.15) is 6.04 Å². The molecule has 0 spiro atoms. The lowest BCUT2D eigenvalue weighted by Gasteiger charge is -2.38. The Morgan fingerprint density at radius 2 is 1.85 bits per heavy atom. The van der Waals surface area contributed by atoms with E-state index in [1.54, 1.807) is 4.90 Å². The Labute approximate surface area is 163 Å². The zero-order chi connectivity index (χ0) is 19.6. The van der Waals surface area contributed by atoms with Crippen LogP contribution in [0.5, 0.6) is 0 Å². The van der Waals surface area contributed by atoms with Gasteiger partial charge in [-0.05, 0) is 61.7 Å². The van der Waals surface area contributed by atoms with Gasteiger partial charge in [0, 0.05) is 12.1 Å². The molecule has 0 radical (unpaired) electrons. The first-order valence-electron chi connectivity index (χ1n) is 10.3. The Kier molecular flexibility index (Phi) is 5.84. The summed E-state index contributed by atoms with van der Waals surface area (Å²) < 4.78 is 2.06. The number of anilines is 1. The Bertz CT molecular complexity index is 758. The molecule has 1 fully saturated rings. The molecule has 148 valence electrons. The second-order valence-corrected chi connectivity index (χ2v) is 8.44. The third-order valence-corrected chi connectivity index (χ3v) is 6.47. The molecular formula is C21H35N6+. The number of aryl methyl sites for hydroxylation is 1. The quantitative estimate of drug-likeness (QED) is 0.846. The molecule has 1 N–H and O–H groups in total.